The summed E-state index contributed by atoms with van der Waals surface area (Å²) in [5.41, 5.74) is 2.01. The van der Waals surface area contributed by atoms with Gasteiger partial charge in [0.15, 0.2) is 5.82 Å². The van der Waals surface area contributed by atoms with Crippen LogP contribution in [0.5, 0.6) is 0 Å². The minimum absolute atomic E-state index is 0.694. The Hall–Kier alpha value is -1.13. The van der Waals surface area contributed by atoms with Gasteiger partial charge in [0.25, 0.3) is 0 Å². The van der Waals surface area contributed by atoms with Crippen LogP contribution in [0.25, 0.3) is 11.4 Å². The van der Waals surface area contributed by atoms with E-state index < -0.39 is 0 Å². The van der Waals surface area contributed by atoms with Crippen LogP contribution in [0.2, 0.25) is 5.02 Å². The van der Waals surface area contributed by atoms with Crippen LogP contribution in [-0.2, 0) is 6.42 Å². The van der Waals surface area contributed by atoms with Crippen molar-refractivity contribution in [1.82, 2.24) is 9.97 Å². The highest BCUT2D eigenvalue weighted by molar-refractivity contribution is 9.10. The maximum Gasteiger partial charge on any atom is 0.162 e. The zero-order chi connectivity index (χ0) is 15.2. The molecular formula is C16H19BrClN3. The van der Waals surface area contributed by atoms with E-state index in [1.807, 2.05) is 24.3 Å². The molecule has 0 fully saturated rings. The monoisotopic (exact) mass is 367 g/mol. The van der Waals surface area contributed by atoms with Crippen molar-refractivity contribution in [2.24, 2.45) is 0 Å². The van der Waals surface area contributed by atoms with Crippen LogP contribution < -0.4 is 5.32 Å². The molecule has 0 bridgehead atoms. The second-order valence-corrected chi connectivity index (χ2v) is 6.16. The smallest absolute Gasteiger partial charge is 0.162 e. The van der Waals surface area contributed by atoms with Gasteiger partial charge in [0.1, 0.15) is 5.82 Å². The van der Waals surface area contributed by atoms with Crippen LogP contribution in [0, 0.1) is 0 Å². The summed E-state index contributed by atoms with van der Waals surface area (Å²) in [5, 5.41) is 4.04. The highest BCUT2D eigenvalue weighted by Crippen LogP contribution is 2.29. The third-order valence-electron chi connectivity index (χ3n) is 3.01. The number of benzene rings is 1. The van der Waals surface area contributed by atoms with Gasteiger partial charge in [0.05, 0.1) is 0 Å². The average Bonchev–Trinajstić information content (AvgIpc) is 2.45. The molecular weight excluding hydrogens is 350 g/mol. The number of halogens is 2. The molecule has 0 amide bonds. The van der Waals surface area contributed by atoms with Crippen LogP contribution in [0.4, 0.5) is 5.82 Å². The first kappa shape index (κ1) is 16.2. The molecule has 112 valence electrons. The van der Waals surface area contributed by atoms with E-state index in [-0.39, 0.29) is 0 Å². The first-order valence-electron chi connectivity index (χ1n) is 7.21. The number of hydrogen-bond acceptors (Lipinski definition) is 3. The third-order valence-corrected chi connectivity index (χ3v) is 3.90. The van der Waals surface area contributed by atoms with Gasteiger partial charge in [-0.3, -0.25) is 0 Å². The molecule has 2 aromatic rings. The van der Waals surface area contributed by atoms with E-state index in [1.165, 1.54) is 0 Å². The molecule has 0 aliphatic rings. The third kappa shape index (κ3) is 4.42. The number of aryl methyl sites for hydroxylation is 1. The molecule has 0 spiro atoms. The summed E-state index contributed by atoms with van der Waals surface area (Å²) in [6.07, 6.45) is 3.07. The Morgan fingerprint density at radius 3 is 2.62 bits per heavy atom. The second kappa shape index (κ2) is 7.76. The van der Waals surface area contributed by atoms with Gasteiger partial charge in [-0.15, -0.1) is 0 Å². The molecule has 2 rings (SSSR count). The predicted molar refractivity (Wildman–Crippen MR) is 93.0 cm³/mol. The number of anilines is 1. The number of nitrogens with zero attached hydrogens (tertiary/aromatic N) is 2. The Bertz CT molecular complexity index is 616. The fourth-order valence-corrected chi connectivity index (χ4v) is 2.88. The summed E-state index contributed by atoms with van der Waals surface area (Å²) in [4.78, 5) is 9.29. The van der Waals surface area contributed by atoms with E-state index in [9.17, 15) is 0 Å². The van der Waals surface area contributed by atoms with Gasteiger partial charge in [-0.1, -0.05) is 31.9 Å². The van der Waals surface area contributed by atoms with Crippen molar-refractivity contribution in [3.63, 3.8) is 0 Å². The van der Waals surface area contributed by atoms with Crippen LogP contribution in [0.1, 0.15) is 32.4 Å². The Balaban J connectivity index is 2.43. The first-order valence-corrected chi connectivity index (χ1v) is 8.38. The number of hydrogen-bond donors (Lipinski definition) is 1. The number of aromatic nitrogens is 2. The number of rotatable bonds is 6. The lowest BCUT2D eigenvalue weighted by atomic mass is 10.2. The molecule has 0 unspecified atom stereocenters. The van der Waals surface area contributed by atoms with Gasteiger partial charge in [-0.25, -0.2) is 9.97 Å². The van der Waals surface area contributed by atoms with E-state index in [1.54, 1.807) is 0 Å². The molecule has 1 N–H and O–H groups in total. The Morgan fingerprint density at radius 1 is 1.14 bits per heavy atom. The average molecular weight is 369 g/mol. The summed E-state index contributed by atoms with van der Waals surface area (Å²) >= 11 is 9.54. The lowest BCUT2D eigenvalue weighted by molar-refractivity contribution is 0.872. The topological polar surface area (TPSA) is 37.8 Å². The molecule has 0 atom stereocenters. The van der Waals surface area contributed by atoms with Crippen LogP contribution >= 0.6 is 27.5 Å². The molecule has 5 heteroatoms. The summed E-state index contributed by atoms with van der Waals surface area (Å²) in [5.74, 6) is 1.61. The van der Waals surface area contributed by atoms with Crippen LogP contribution in [0.3, 0.4) is 0 Å². The maximum atomic E-state index is 6.00. The fourth-order valence-electron chi connectivity index (χ4n) is 2.02. The summed E-state index contributed by atoms with van der Waals surface area (Å²) in [6, 6.07) is 7.70. The molecule has 21 heavy (non-hydrogen) atoms. The molecule has 1 heterocycles. The van der Waals surface area contributed by atoms with Crippen molar-refractivity contribution in [1.29, 1.82) is 0 Å². The van der Waals surface area contributed by atoms with Crippen molar-refractivity contribution in [3.05, 3.63) is 39.5 Å². The zero-order valence-corrected chi connectivity index (χ0v) is 14.6. The van der Waals surface area contributed by atoms with Gasteiger partial charge in [-0.05, 0) is 47.0 Å². The summed E-state index contributed by atoms with van der Waals surface area (Å²) < 4.78 is 0.907. The van der Waals surface area contributed by atoms with E-state index in [4.69, 9.17) is 11.6 Å². The van der Waals surface area contributed by atoms with Gasteiger partial charge in [-0.2, -0.15) is 0 Å². The zero-order valence-electron chi connectivity index (χ0n) is 12.3. The van der Waals surface area contributed by atoms with E-state index in [0.717, 1.165) is 53.2 Å². The van der Waals surface area contributed by atoms with Crippen molar-refractivity contribution >= 4 is 33.3 Å². The van der Waals surface area contributed by atoms with Crippen LogP contribution in [0.15, 0.2) is 28.7 Å². The normalized spacial score (nSPS) is 10.7. The highest BCUT2D eigenvalue weighted by atomic mass is 79.9. The highest BCUT2D eigenvalue weighted by Gasteiger charge is 2.10. The lowest BCUT2D eigenvalue weighted by Crippen LogP contribution is -2.05. The minimum Gasteiger partial charge on any atom is -0.370 e. The lowest BCUT2D eigenvalue weighted by Gasteiger charge is -2.10. The van der Waals surface area contributed by atoms with Crippen molar-refractivity contribution in [3.8, 4) is 11.4 Å². The molecule has 3 nitrogen and oxygen atoms in total. The SMILES string of the molecule is CCCNc1cc(CCC)nc(-c2ccc(Cl)cc2Br)n1. The van der Waals surface area contributed by atoms with E-state index >= 15 is 0 Å². The van der Waals surface area contributed by atoms with Gasteiger partial charge in [0.2, 0.25) is 0 Å². The van der Waals surface area contributed by atoms with E-state index in [0.29, 0.717) is 5.02 Å². The maximum absolute atomic E-state index is 6.00. The summed E-state index contributed by atoms with van der Waals surface area (Å²) in [7, 11) is 0. The largest absolute Gasteiger partial charge is 0.370 e. The van der Waals surface area contributed by atoms with Crippen molar-refractivity contribution in [2.75, 3.05) is 11.9 Å². The molecule has 1 aromatic carbocycles. The Labute approximate surface area is 139 Å². The molecule has 0 saturated heterocycles. The Morgan fingerprint density at radius 2 is 1.95 bits per heavy atom. The van der Waals surface area contributed by atoms with Gasteiger partial charge in [0, 0.05) is 33.4 Å². The molecule has 0 aliphatic carbocycles. The minimum atomic E-state index is 0.694. The predicted octanol–water partition coefficient (Wildman–Crippen LogP) is 5.33. The second-order valence-electron chi connectivity index (χ2n) is 4.87. The van der Waals surface area contributed by atoms with Crippen LogP contribution in [-0.4, -0.2) is 16.5 Å². The molecule has 0 saturated carbocycles. The quantitative estimate of drug-likeness (QED) is 0.748. The number of nitrogens with one attached hydrogen (secondary N) is 1. The molecule has 0 radical (unpaired) electrons. The van der Waals surface area contributed by atoms with E-state index in [2.05, 4.69) is 45.1 Å². The molecule has 0 aliphatic heterocycles. The van der Waals surface area contributed by atoms with Gasteiger partial charge < -0.3 is 5.32 Å². The molecule has 1 aromatic heterocycles. The van der Waals surface area contributed by atoms with Gasteiger partial charge >= 0.3 is 0 Å². The Kier molecular flexibility index (Phi) is 6.00. The first-order chi connectivity index (χ1) is 10.1. The standard InChI is InChI=1S/C16H19BrClN3/c1-3-5-12-10-15(19-8-4-2)21-16(20-12)13-7-6-11(18)9-14(13)17/h6-7,9-10H,3-5,8H2,1-2H3,(H,19,20,21). The van der Waals surface area contributed by atoms with Crippen molar-refractivity contribution < 1.29 is 0 Å². The fraction of sp³-hybridized carbons (Fsp3) is 0.375. The summed E-state index contributed by atoms with van der Waals surface area (Å²) in [6.45, 7) is 5.20. The van der Waals surface area contributed by atoms with Crippen molar-refractivity contribution in [2.45, 2.75) is 33.1 Å².